The molecule has 1 fully saturated rings. The second-order valence-electron chi connectivity index (χ2n) is 5.66. The second-order valence-corrected chi connectivity index (χ2v) is 5.66. The van der Waals surface area contributed by atoms with E-state index < -0.39 is 11.2 Å². The van der Waals surface area contributed by atoms with Gasteiger partial charge >= 0.3 is 6.09 Å². The number of nitrogens with zero attached hydrogens (tertiary/aromatic N) is 1. The molecule has 17 heavy (non-hydrogen) atoms. The third-order valence-electron chi connectivity index (χ3n) is 2.62. The lowest BCUT2D eigenvalue weighted by Crippen LogP contribution is -2.53. The van der Waals surface area contributed by atoms with Crippen LogP contribution in [0, 0.1) is 0 Å². The molecule has 0 radical (unpaired) electrons. The van der Waals surface area contributed by atoms with Gasteiger partial charge in [-0.2, -0.15) is 0 Å². The maximum absolute atomic E-state index is 11.9. The molecule has 100 valence electrons. The van der Waals surface area contributed by atoms with Crippen molar-refractivity contribution >= 4 is 6.09 Å². The van der Waals surface area contributed by atoms with Crippen LogP contribution in [-0.4, -0.2) is 54.1 Å². The molecule has 1 saturated heterocycles. The Morgan fingerprint density at radius 2 is 2.12 bits per heavy atom. The Hall–Kier alpha value is -0.810. The van der Waals surface area contributed by atoms with Gasteiger partial charge in [0, 0.05) is 13.7 Å². The lowest BCUT2D eigenvalue weighted by Gasteiger charge is -2.39. The summed E-state index contributed by atoms with van der Waals surface area (Å²) in [5.41, 5.74) is -1.45. The zero-order valence-corrected chi connectivity index (χ0v) is 11.2. The van der Waals surface area contributed by atoms with Gasteiger partial charge in [-0.1, -0.05) is 0 Å². The molecule has 5 nitrogen and oxygen atoms in total. The summed E-state index contributed by atoms with van der Waals surface area (Å²) in [7, 11) is 1.55. The minimum atomic E-state index is -0.941. The van der Waals surface area contributed by atoms with Crippen molar-refractivity contribution in [2.24, 2.45) is 0 Å². The fourth-order valence-electron chi connectivity index (χ4n) is 1.98. The maximum atomic E-state index is 11.9. The summed E-state index contributed by atoms with van der Waals surface area (Å²) >= 11 is 0. The summed E-state index contributed by atoms with van der Waals surface area (Å²) in [6.45, 7) is 6.63. The lowest BCUT2D eigenvalue weighted by molar-refractivity contribution is -0.0796. The first kappa shape index (κ1) is 14.3. The van der Waals surface area contributed by atoms with E-state index in [0.717, 1.165) is 6.42 Å². The Kier molecular flexibility index (Phi) is 4.38. The normalized spacial score (nSPS) is 25.8. The Morgan fingerprint density at radius 3 is 2.65 bits per heavy atom. The minimum Gasteiger partial charge on any atom is -0.444 e. The van der Waals surface area contributed by atoms with Crippen LogP contribution in [0.3, 0.4) is 0 Å². The summed E-state index contributed by atoms with van der Waals surface area (Å²) in [6, 6.07) is 0. The van der Waals surface area contributed by atoms with Crippen LogP contribution in [0.5, 0.6) is 0 Å². The zero-order valence-electron chi connectivity index (χ0n) is 11.2. The van der Waals surface area contributed by atoms with Gasteiger partial charge in [0.2, 0.25) is 0 Å². The highest BCUT2D eigenvalue weighted by molar-refractivity contribution is 5.68. The van der Waals surface area contributed by atoms with E-state index in [4.69, 9.17) is 9.47 Å². The number of β-amino-alcohol motifs (C(OH)–C–C–N with tert-alkyl or cyclic N) is 1. The Morgan fingerprint density at radius 1 is 1.47 bits per heavy atom. The van der Waals surface area contributed by atoms with Gasteiger partial charge in [-0.05, 0) is 33.6 Å². The van der Waals surface area contributed by atoms with Crippen molar-refractivity contribution < 1.29 is 19.4 Å². The smallest absolute Gasteiger partial charge is 0.410 e. The van der Waals surface area contributed by atoms with Gasteiger partial charge in [0.25, 0.3) is 0 Å². The van der Waals surface area contributed by atoms with Crippen LogP contribution in [0.25, 0.3) is 0 Å². The van der Waals surface area contributed by atoms with Crippen molar-refractivity contribution in [2.75, 3.05) is 26.8 Å². The van der Waals surface area contributed by atoms with Crippen LogP contribution in [0.1, 0.15) is 33.6 Å². The zero-order chi connectivity index (χ0) is 13.1. The number of hydrogen-bond donors (Lipinski definition) is 1. The molecule has 1 aliphatic heterocycles. The minimum absolute atomic E-state index is 0.242. The number of rotatable bonds is 2. The fourth-order valence-corrected chi connectivity index (χ4v) is 1.98. The van der Waals surface area contributed by atoms with E-state index in [2.05, 4.69) is 0 Å². The van der Waals surface area contributed by atoms with Crippen LogP contribution in [0.4, 0.5) is 4.79 Å². The van der Waals surface area contributed by atoms with E-state index in [-0.39, 0.29) is 19.2 Å². The van der Waals surface area contributed by atoms with Gasteiger partial charge in [-0.15, -0.1) is 0 Å². The summed E-state index contributed by atoms with van der Waals surface area (Å²) in [6.07, 6.45) is 1.05. The highest BCUT2D eigenvalue weighted by Crippen LogP contribution is 2.23. The van der Waals surface area contributed by atoms with Gasteiger partial charge < -0.3 is 19.5 Å². The van der Waals surface area contributed by atoms with Gasteiger partial charge in [0.05, 0.1) is 13.2 Å². The molecule has 0 aromatic heterocycles. The number of likely N-dealkylation sites (tertiary alicyclic amines) is 1. The van der Waals surface area contributed by atoms with E-state index >= 15 is 0 Å². The number of methoxy groups -OCH3 is 1. The van der Waals surface area contributed by atoms with E-state index in [1.54, 1.807) is 12.0 Å². The summed E-state index contributed by atoms with van der Waals surface area (Å²) in [5, 5.41) is 10.2. The van der Waals surface area contributed by atoms with Gasteiger partial charge in [0.1, 0.15) is 11.2 Å². The van der Waals surface area contributed by atoms with Crippen LogP contribution in [0.2, 0.25) is 0 Å². The van der Waals surface area contributed by atoms with Crippen LogP contribution in [-0.2, 0) is 9.47 Å². The molecule has 0 aromatic carbocycles. The van der Waals surface area contributed by atoms with Crippen molar-refractivity contribution in [1.29, 1.82) is 0 Å². The standard InChI is InChI=1S/C12H23NO4/c1-11(2,3)17-10(14)13-7-5-6-12(15,8-13)9-16-4/h15H,5-9H2,1-4H3. The average Bonchev–Trinajstić information content (AvgIpc) is 2.14. The van der Waals surface area contributed by atoms with Gasteiger partial charge in [-0.3, -0.25) is 0 Å². The third kappa shape index (κ3) is 4.52. The molecule has 1 N–H and O–H groups in total. The van der Waals surface area contributed by atoms with E-state index in [1.165, 1.54) is 0 Å². The SMILES string of the molecule is COCC1(O)CCCN(C(=O)OC(C)(C)C)C1. The van der Waals surface area contributed by atoms with Crippen LogP contribution in [0.15, 0.2) is 0 Å². The lowest BCUT2D eigenvalue weighted by atomic mass is 9.94. The Balaban J connectivity index is 2.57. The molecule has 0 bridgehead atoms. The van der Waals surface area contributed by atoms with E-state index in [9.17, 15) is 9.90 Å². The molecule has 1 atom stereocenters. The first-order valence-corrected chi connectivity index (χ1v) is 5.95. The molecule has 1 aliphatic rings. The maximum Gasteiger partial charge on any atom is 0.410 e. The van der Waals surface area contributed by atoms with Crippen molar-refractivity contribution in [3.05, 3.63) is 0 Å². The number of ether oxygens (including phenoxy) is 2. The quantitative estimate of drug-likeness (QED) is 0.798. The van der Waals surface area contributed by atoms with Crippen molar-refractivity contribution in [1.82, 2.24) is 4.90 Å². The predicted molar refractivity (Wildman–Crippen MR) is 63.9 cm³/mol. The molecule has 5 heteroatoms. The molecule has 0 spiro atoms. The summed E-state index contributed by atoms with van der Waals surface area (Å²) in [5.74, 6) is 0. The number of amides is 1. The number of carbonyl (C=O) groups is 1. The molecule has 0 saturated carbocycles. The van der Waals surface area contributed by atoms with Crippen molar-refractivity contribution in [2.45, 2.75) is 44.8 Å². The number of hydrogen-bond acceptors (Lipinski definition) is 4. The van der Waals surface area contributed by atoms with Crippen molar-refractivity contribution in [3.8, 4) is 0 Å². The highest BCUT2D eigenvalue weighted by Gasteiger charge is 2.36. The molecular formula is C12H23NO4. The summed E-state index contributed by atoms with van der Waals surface area (Å²) in [4.78, 5) is 13.4. The van der Waals surface area contributed by atoms with Crippen molar-refractivity contribution in [3.63, 3.8) is 0 Å². The molecule has 1 rings (SSSR count). The van der Waals surface area contributed by atoms with E-state index in [1.807, 2.05) is 20.8 Å². The molecule has 0 aliphatic carbocycles. The third-order valence-corrected chi connectivity index (χ3v) is 2.62. The number of carbonyl (C=O) groups excluding carboxylic acids is 1. The number of aliphatic hydroxyl groups is 1. The first-order chi connectivity index (χ1) is 7.76. The van der Waals surface area contributed by atoms with Gasteiger partial charge in [0.15, 0.2) is 0 Å². The molecule has 1 unspecified atom stereocenters. The van der Waals surface area contributed by atoms with E-state index in [0.29, 0.717) is 13.0 Å². The number of piperidine rings is 1. The molecule has 1 amide bonds. The second kappa shape index (κ2) is 5.23. The van der Waals surface area contributed by atoms with Crippen LogP contribution < -0.4 is 0 Å². The predicted octanol–water partition coefficient (Wildman–Crippen LogP) is 1.39. The topological polar surface area (TPSA) is 59.0 Å². The molecule has 1 heterocycles. The average molecular weight is 245 g/mol. The monoisotopic (exact) mass is 245 g/mol. The highest BCUT2D eigenvalue weighted by atomic mass is 16.6. The summed E-state index contributed by atoms with van der Waals surface area (Å²) < 4.78 is 10.3. The van der Waals surface area contributed by atoms with Crippen LogP contribution >= 0.6 is 0 Å². The largest absolute Gasteiger partial charge is 0.444 e. The Bertz CT molecular complexity index is 270. The fraction of sp³-hybridized carbons (Fsp3) is 0.917. The molecule has 0 aromatic rings. The molecular weight excluding hydrogens is 222 g/mol. The first-order valence-electron chi connectivity index (χ1n) is 5.95. The van der Waals surface area contributed by atoms with Gasteiger partial charge in [-0.25, -0.2) is 4.79 Å². The Labute approximate surface area is 103 Å².